The number of rotatable bonds is 1. The van der Waals surface area contributed by atoms with E-state index in [4.69, 9.17) is 4.42 Å². The van der Waals surface area contributed by atoms with Crippen LogP contribution in [0, 0.1) is 0 Å². The molecule has 2 heterocycles. The van der Waals surface area contributed by atoms with E-state index in [-0.39, 0.29) is 0 Å². The first-order valence-corrected chi connectivity index (χ1v) is 5.89. The first-order chi connectivity index (χ1) is 8.93. The maximum atomic E-state index is 5.45. The molecular weight excluding hydrogens is 224 g/mol. The van der Waals surface area contributed by atoms with Gasteiger partial charge in [0.25, 0.3) is 0 Å². The second-order valence-electron chi connectivity index (χ2n) is 4.36. The number of hydrogen-bond acceptors (Lipinski definition) is 3. The molecule has 0 aliphatic heterocycles. The molecule has 0 radical (unpaired) electrons. The molecule has 1 aliphatic rings. The van der Waals surface area contributed by atoms with Gasteiger partial charge in [-0.25, -0.2) is 9.97 Å². The van der Waals surface area contributed by atoms with Gasteiger partial charge in [0.1, 0.15) is 12.0 Å². The number of nitrogens with zero attached hydrogens (tertiary/aromatic N) is 2. The molecule has 0 spiro atoms. The molecule has 86 valence electrons. The third-order valence-corrected chi connectivity index (χ3v) is 3.34. The van der Waals surface area contributed by atoms with Crippen molar-refractivity contribution in [3.05, 3.63) is 60.1 Å². The van der Waals surface area contributed by atoms with Crippen LogP contribution in [0.4, 0.5) is 0 Å². The molecule has 0 amide bonds. The summed E-state index contributed by atoms with van der Waals surface area (Å²) in [5.74, 6) is 0.807. The Morgan fingerprint density at radius 1 is 0.944 bits per heavy atom. The molecule has 0 saturated carbocycles. The summed E-state index contributed by atoms with van der Waals surface area (Å²) in [6.07, 6.45) is 4.16. The molecule has 0 unspecified atom stereocenters. The second kappa shape index (κ2) is 3.53. The lowest BCUT2D eigenvalue weighted by Gasteiger charge is -2.03. The summed E-state index contributed by atoms with van der Waals surface area (Å²) in [5, 5.41) is 0. The fourth-order valence-corrected chi connectivity index (χ4v) is 2.53. The Morgan fingerprint density at radius 3 is 2.72 bits per heavy atom. The molecule has 2 aromatic heterocycles. The molecule has 4 rings (SSSR count). The van der Waals surface area contributed by atoms with E-state index in [1.54, 1.807) is 12.6 Å². The maximum absolute atomic E-state index is 5.45. The quantitative estimate of drug-likeness (QED) is 0.507. The van der Waals surface area contributed by atoms with E-state index < -0.39 is 0 Å². The molecule has 18 heavy (non-hydrogen) atoms. The van der Waals surface area contributed by atoms with E-state index in [1.165, 1.54) is 11.1 Å². The van der Waals surface area contributed by atoms with Crippen molar-refractivity contribution in [3.8, 4) is 22.7 Å². The molecule has 1 aromatic carbocycles. The van der Waals surface area contributed by atoms with E-state index in [0.29, 0.717) is 0 Å². The molecule has 0 bridgehead atoms. The summed E-state index contributed by atoms with van der Waals surface area (Å²) in [5.41, 5.74) is 5.62. The normalized spacial score (nSPS) is 12.2. The van der Waals surface area contributed by atoms with Crippen molar-refractivity contribution in [1.82, 2.24) is 9.97 Å². The number of benzene rings is 1. The van der Waals surface area contributed by atoms with Gasteiger partial charge in [-0.3, -0.25) is 0 Å². The summed E-state index contributed by atoms with van der Waals surface area (Å²) < 4.78 is 5.45. The Labute approximate surface area is 104 Å². The maximum Gasteiger partial charge on any atom is 0.152 e. The summed E-state index contributed by atoms with van der Waals surface area (Å²) in [6.45, 7) is 0. The van der Waals surface area contributed by atoms with Gasteiger partial charge in [0.2, 0.25) is 0 Å². The zero-order valence-electron chi connectivity index (χ0n) is 9.63. The van der Waals surface area contributed by atoms with Crippen LogP contribution >= 0.6 is 0 Å². The van der Waals surface area contributed by atoms with Gasteiger partial charge in [-0.1, -0.05) is 24.3 Å². The average Bonchev–Trinajstić information content (AvgIpc) is 3.05. The molecule has 0 N–H and O–H groups in total. The lowest BCUT2D eigenvalue weighted by atomic mass is 10.1. The Hall–Kier alpha value is -2.42. The van der Waals surface area contributed by atoms with Crippen LogP contribution in [0.1, 0.15) is 11.1 Å². The van der Waals surface area contributed by atoms with Crippen molar-refractivity contribution in [1.29, 1.82) is 0 Å². The van der Waals surface area contributed by atoms with Crippen molar-refractivity contribution >= 4 is 0 Å². The smallest absolute Gasteiger partial charge is 0.152 e. The summed E-state index contributed by atoms with van der Waals surface area (Å²) in [4.78, 5) is 8.79. The van der Waals surface area contributed by atoms with Gasteiger partial charge in [0.05, 0.1) is 12.0 Å². The van der Waals surface area contributed by atoms with E-state index >= 15 is 0 Å². The lowest BCUT2D eigenvalue weighted by Crippen LogP contribution is -1.93. The van der Waals surface area contributed by atoms with Crippen LogP contribution < -0.4 is 0 Å². The summed E-state index contributed by atoms with van der Waals surface area (Å²) in [6, 6.07) is 12.2. The van der Waals surface area contributed by atoms with Crippen LogP contribution in [0.2, 0.25) is 0 Å². The first-order valence-electron chi connectivity index (χ1n) is 5.89. The molecule has 0 atom stereocenters. The van der Waals surface area contributed by atoms with E-state index in [0.717, 1.165) is 29.1 Å². The molecule has 0 fully saturated rings. The minimum absolute atomic E-state index is 0.807. The molecule has 1 aliphatic carbocycles. The average molecular weight is 234 g/mol. The zero-order valence-corrected chi connectivity index (χ0v) is 9.63. The van der Waals surface area contributed by atoms with Crippen molar-refractivity contribution < 1.29 is 4.42 Å². The minimum Gasteiger partial charge on any atom is -0.463 e. The molecule has 3 heteroatoms. The number of aromatic nitrogens is 2. The molecule has 0 saturated heterocycles. The van der Waals surface area contributed by atoms with Crippen molar-refractivity contribution in [2.24, 2.45) is 0 Å². The van der Waals surface area contributed by atoms with E-state index in [9.17, 15) is 0 Å². The van der Waals surface area contributed by atoms with Crippen LogP contribution in [-0.2, 0) is 6.42 Å². The van der Waals surface area contributed by atoms with Gasteiger partial charge in [-0.05, 0) is 17.7 Å². The van der Waals surface area contributed by atoms with Crippen molar-refractivity contribution in [2.45, 2.75) is 6.42 Å². The zero-order chi connectivity index (χ0) is 11.9. The Kier molecular flexibility index (Phi) is 1.88. The van der Waals surface area contributed by atoms with Crippen LogP contribution in [0.3, 0.4) is 0 Å². The standard InChI is InChI=1S/C15H10N2O/c1-2-5-11-10(4-1)8-12-14(11)16-9-17-15(12)13-6-3-7-18-13/h1-7,9H,8H2. The van der Waals surface area contributed by atoms with Crippen LogP contribution in [0.15, 0.2) is 53.4 Å². The van der Waals surface area contributed by atoms with Gasteiger partial charge < -0.3 is 4.42 Å². The highest BCUT2D eigenvalue weighted by Gasteiger charge is 2.24. The monoisotopic (exact) mass is 234 g/mol. The number of hydrogen-bond donors (Lipinski definition) is 0. The van der Waals surface area contributed by atoms with Crippen molar-refractivity contribution in [3.63, 3.8) is 0 Å². The topological polar surface area (TPSA) is 38.9 Å². The predicted molar refractivity (Wildman–Crippen MR) is 68.0 cm³/mol. The van der Waals surface area contributed by atoms with Crippen LogP contribution in [0.25, 0.3) is 22.7 Å². The number of furan rings is 1. The SMILES string of the molecule is c1coc(-c2ncnc3c2Cc2ccccc2-3)c1. The van der Waals surface area contributed by atoms with Gasteiger partial charge in [-0.2, -0.15) is 0 Å². The second-order valence-corrected chi connectivity index (χ2v) is 4.36. The Balaban J connectivity index is 1.97. The largest absolute Gasteiger partial charge is 0.463 e. The minimum atomic E-state index is 0.807. The highest BCUT2D eigenvalue weighted by Crippen LogP contribution is 2.38. The molecule has 3 aromatic rings. The Morgan fingerprint density at radius 2 is 1.83 bits per heavy atom. The van der Waals surface area contributed by atoms with Crippen LogP contribution in [0.5, 0.6) is 0 Å². The van der Waals surface area contributed by atoms with E-state index in [2.05, 4.69) is 28.2 Å². The first kappa shape index (κ1) is 9.59. The third-order valence-electron chi connectivity index (χ3n) is 3.34. The highest BCUT2D eigenvalue weighted by molar-refractivity contribution is 5.78. The van der Waals surface area contributed by atoms with Gasteiger partial charge in [0, 0.05) is 17.5 Å². The van der Waals surface area contributed by atoms with E-state index in [1.807, 2.05) is 18.2 Å². The van der Waals surface area contributed by atoms with Gasteiger partial charge in [-0.15, -0.1) is 0 Å². The number of fused-ring (bicyclic) bond motifs is 3. The summed E-state index contributed by atoms with van der Waals surface area (Å²) >= 11 is 0. The fraction of sp³-hybridized carbons (Fsp3) is 0.0667. The predicted octanol–water partition coefficient (Wildman–Crippen LogP) is 3.31. The lowest BCUT2D eigenvalue weighted by molar-refractivity contribution is 0.579. The summed E-state index contributed by atoms with van der Waals surface area (Å²) in [7, 11) is 0. The van der Waals surface area contributed by atoms with Crippen LogP contribution in [-0.4, -0.2) is 9.97 Å². The third kappa shape index (κ3) is 1.24. The van der Waals surface area contributed by atoms with Gasteiger partial charge in [0.15, 0.2) is 5.76 Å². The Bertz CT molecular complexity index is 717. The van der Waals surface area contributed by atoms with Gasteiger partial charge >= 0.3 is 0 Å². The fourth-order valence-electron chi connectivity index (χ4n) is 2.53. The van der Waals surface area contributed by atoms with Crippen molar-refractivity contribution in [2.75, 3.05) is 0 Å². The highest BCUT2D eigenvalue weighted by atomic mass is 16.3. The molecular formula is C15H10N2O. The molecule has 3 nitrogen and oxygen atoms in total.